The Bertz CT molecular complexity index is 506. The maximum Gasteiger partial charge on any atom is 0.327 e. The fourth-order valence-corrected chi connectivity index (χ4v) is 3.34. The van der Waals surface area contributed by atoms with E-state index in [0.717, 1.165) is 5.56 Å². The minimum Gasteiger partial charge on any atom is -0.480 e. The lowest BCUT2D eigenvalue weighted by atomic mass is 10.1. The molecule has 19 heavy (non-hydrogen) atoms. The average Bonchev–Trinajstić information content (AvgIpc) is 2.74. The van der Waals surface area contributed by atoms with Gasteiger partial charge in [-0.05, 0) is 25.5 Å². The Morgan fingerprint density at radius 2 is 2.32 bits per heavy atom. The normalized spacial score (nSPS) is 22.5. The Labute approximate surface area is 116 Å². The van der Waals surface area contributed by atoms with Crippen molar-refractivity contribution in [3.8, 4) is 0 Å². The van der Waals surface area contributed by atoms with Crippen molar-refractivity contribution in [2.75, 3.05) is 5.75 Å². The number of aromatic nitrogens is 1. The largest absolute Gasteiger partial charge is 0.480 e. The van der Waals surface area contributed by atoms with Crippen LogP contribution in [0.4, 0.5) is 0 Å². The number of hydrogen-bond donors (Lipinski definition) is 1. The van der Waals surface area contributed by atoms with Gasteiger partial charge in [-0.2, -0.15) is 0 Å². The number of carbonyl (C=O) groups is 2. The third-order valence-electron chi connectivity index (χ3n) is 3.23. The SMILES string of the molecule is Cc1cccnc1CC(=O)N1C(C)SCC1C(=O)O. The molecule has 1 aromatic heterocycles. The molecule has 1 fully saturated rings. The highest BCUT2D eigenvalue weighted by Crippen LogP contribution is 2.29. The van der Waals surface area contributed by atoms with E-state index in [4.69, 9.17) is 5.11 Å². The molecule has 2 heterocycles. The molecular weight excluding hydrogens is 264 g/mol. The summed E-state index contributed by atoms with van der Waals surface area (Å²) < 4.78 is 0. The number of amides is 1. The summed E-state index contributed by atoms with van der Waals surface area (Å²) in [5, 5.41) is 9.05. The molecular formula is C13H16N2O3S. The summed E-state index contributed by atoms with van der Waals surface area (Å²) in [6, 6.07) is 2.99. The van der Waals surface area contributed by atoms with Crippen LogP contribution in [0.25, 0.3) is 0 Å². The first-order valence-corrected chi connectivity index (χ1v) is 7.11. The van der Waals surface area contributed by atoms with Gasteiger partial charge in [0, 0.05) is 11.9 Å². The van der Waals surface area contributed by atoms with Crippen LogP contribution in [0.5, 0.6) is 0 Å². The number of carboxylic acids is 1. The Balaban J connectivity index is 2.15. The second-order valence-corrected chi connectivity index (χ2v) is 5.88. The van der Waals surface area contributed by atoms with Gasteiger partial charge in [0.1, 0.15) is 6.04 Å². The Morgan fingerprint density at radius 3 is 2.95 bits per heavy atom. The van der Waals surface area contributed by atoms with Crippen molar-refractivity contribution < 1.29 is 14.7 Å². The predicted octanol–water partition coefficient (Wildman–Crippen LogP) is 1.31. The van der Waals surface area contributed by atoms with Gasteiger partial charge in [-0.1, -0.05) is 6.07 Å². The van der Waals surface area contributed by atoms with E-state index in [2.05, 4.69) is 4.98 Å². The molecule has 1 aromatic rings. The van der Waals surface area contributed by atoms with E-state index in [-0.39, 0.29) is 17.7 Å². The first-order valence-electron chi connectivity index (χ1n) is 6.06. The number of aryl methyl sites for hydroxylation is 1. The Morgan fingerprint density at radius 1 is 1.58 bits per heavy atom. The van der Waals surface area contributed by atoms with Gasteiger partial charge >= 0.3 is 5.97 Å². The van der Waals surface area contributed by atoms with Crippen molar-refractivity contribution in [2.24, 2.45) is 0 Å². The van der Waals surface area contributed by atoms with Gasteiger partial charge in [0.15, 0.2) is 0 Å². The number of thioether (sulfide) groups is 1. The third kappa shape index (κ3) is 2.89. The van der Waals surface area contributed by atoms with Crippen molar-refractivity contribution in [2.45, 2.75) is 31.7 Å². The molecule has 0 bridgehead atoms. The smallest absolute Gasteiger partial charge is 0.327 e. The Kier molecular flexibility index (Phi) is 4.09. The molecule has 2 atom stereocenters. The van der Waals surface area contributed by atoms with Crippen molar-refractivity contribution in [1.82, 2.24) is 9.88 Å². The third-order valence-corrected chi connectivity index (χ3v) is 4.45. The molecule has 0 radical (unpaired) electrons. The van der Waals surface area contributed by atoms with Gasteiger partial charge < -0.3 is 10.0 Å². The maximum absolute atomic E-state index is 12.3. The maximum atomic E-state index is 12.3. The molecule has 0 spiro atoms. The summed E-state index contributed by atoms with van der Waals surface area (Å²) in [5.41, 5.74) is 1.66. The van der Waals surface area contributed by atoms with Gasteiger partial charge in [0.25, 0.3) is 0 Å². The number of pyridine rings is 1. The second kappa shape index (κ2) is 5.61. The standard InChI is InChI=1S/C13H16N2O3S/c1-8-4-3-5-14-10(8)6-12(16)15-9(2)19-7-11(15)13(17)18/h3-5,9,11H,6-7H2,1-2H3,(H,17,18). The van der Waals surface area contributed by atoms with Crippen LogP contribution in [0.3, 0.4) is 0 Å². The highest BCUT2D eigenvalue weighted by molar-refractivity contribution is 8.00. The molecule has 1 aliphatic rings. The second-order valence-electron chi connectivity index (χ2n) is 4.53. The van der Waals surface area contributed by atoms with Crippen molar-refractivity contribution in [1.29, 1.82) is 0 Å². The molecule has 2 rings (SSSR count). The topological polar surface area (TPSA) is 70.5 Å². The van der Waals surface area contributed by atoms with E-state index in [0.29, 0.717) is 11.4 Å². The lowest BCUT2D eigenvalue weighted by Gasteiger charge is -2.25. The predicted molar refractivity (Wildman–Crippen MR) is 72.9 cm³/mol. The summed E-state index contributed by atoms with van der Waals surface area (Å²) in [6.07, 6.45) is 1.80. The van der Waals surface area contributed by atoms with Crippen LogP contribution in [0.1, 0.15) is 18.2 Å². The van der Waals surface area contributed by atoms with Gasteiger partial charge in [-0.15, -0.1) is 11.8 Å². The summed E-state index contributed by atoms with van der Waals surface area (Å²) in [7, 11) is 0. The van der Waals surface area contributed by atoms with Crippen LogP contribution >= 0.6 is 11.8 Å². The number of aliphatic carboxylic acids is 1. The molecule has 5 nitrogen and oxygen atoms in total. The average molecular weight is 280 g/mol. The van der Waals surface area contributed by atoms with Crippen LogP contribution in [0.2, 0.25) is 0 Å². The fraction of sp³-hybridized carbons (Fsp3) is 0.462. The summed E-state index contributed by atoms with van der Waals surface area (Å²) in [6.45, 7) is 3.75. The van der Waals surface area contributed by atoms with Crippen LogP contribution < -0.4 is 0 Å². The lowest BCUT2D eigenvalue weighted by Crippen LogP contribution is -2.45. The van der Waals surface area contributed by atoms with E-state index in [9.17, 15) is 9.59 Å². The number of rotatable bonds is 3. The first kappa shape index (κ1) is 13.9. The Hall–Kier alpha value is -1.56. The number of carboxylic acid groups (broad SMARTS) is 1. The monoisotopic (exact) mass is 280 g/mol. The molecule has 0 aromatic carbocycles. The first-order chi connectivity index (χ1) is 9.00. The zero-order valence-electron chi connectivity index (χ0n) is 10.9. The summed E-state index contributed by atoms with van der Waals surface area (Å²) >= 11 is 1.49. The molecule has 0 aliphatic carbocycles. The minimum atomic E-state index is -0.942. The number of carbonyl (C=O) groups excluding carboxylic acids is 1. The van der Waals surface area contributed by atoms with Crippen LogP contribution in [0.15, 0.2) is 18.3 Å². The van der Waals surface area contributed by atoms with Crippen LogP contribution in [0, 0.1) is 6.92 Å². The molecule has 0 saturated carbocycles. The van der Waals surface area contributed by atoms with Gasteiger partial charge in [0.2, 0.25) is 5.91 Å². The summed E-state index contributed by atoms with van der Waals surface area (Å²) in [4.78, 5) is 29.1. The van der Waals surface area contributed by atoms with Crippen molar-refractivity contribution in [3.05, 3.63) is 29.6 Å². The van der Waals surface area contributed by atoms with E-state index in [1.54, 1.807) is 6.20 Å². The fourth-order valence-electron chi connectivity index (χ4n) is 2.15. The van der Waals surface area contributed by atoms with Gasteiger partial charge in [0.05, 0.1) is 17.5 Å². The molecule has 1 amide bonds. The molecule has 6 heteroatoms. The number of hydrogen-bond acceptors (Lipinski definition) is 4. The van der Waals surface area contributed by atoms with Crippen molar-refractivity contribution in [3.63, 3.8) is 0 Å². The highest BCUT2D eigenvalue weighted by Gasteiger charge is 2.39. The summed E-state index contributed by atoms with van der Waals surface area (Å²) in [5.74, 6) is -0.668. The minimum absolute atomic E-state index is 0.0994. The molecule has 1 N–H and O–H groups in total. The molecule has 102 valence electrons. The van der Waals surface area contributed by atoms with E-state index >= 15 is 0 Å². The molecule has 1 aliphatic heterocycles. The number of nitrogens with zero attached hydrogens (tertiary/aromatic N) is 2. The highest BCUT2D eigenvalue weighted by atomic mass is 32.2. The van der Waals surface area contributed by atoms with Crippen molar-refractivity contribution >= 4 is 23.6 Å². The zero-order valence-corrected chi connectivity index (χ0v) is 11.7. The van der Waals surface area contributed by atoms with E-state index in [1.807, 2.05) is 26.0 Å². The van der Waals surface area contributed by atoms with Gasteiger partial charge in [-0.25, -0.2) is 4.79 Å². The quantitative estimate of drug-likeness (QED) is 0.904. The van der Waals surface area contributed by atoms with E-state index in [1.165, 1.54) is 16.7 Å². The molecule has 1 saturated heterocycles. The van der Waals surface area contributed by atoms with Crippen LogP contribution in [-0.2, 0) is 16.0 Å². The van der Waals surface area contributed by atoms with Crippen LogP contribution in [-0.4, -0.2) is 44.0 Å². The zero-order chi connectivity index (χ0) is 14.0. The lowest BCUT2D eigenvalue weighted by molar-refractivity contribution is -0.148. The van der Waals surface area contributed by atoms with E-state index < -0.39 is 12.0 Å². The van der Waals surface area contributed by atoms with Gasteiger partial charge in [-0.3, -0.25) is 9.78 Å². The molecule has 2 unspecified atom stereocenters.